The molecule has 4 heteroatoms. The number of carboxylic acid groups (broad SMARTS) is 1. The van der Waals surface area contributed by atoms with E-state index in [1.165, 1.54) is 0 Å². The van der Waals surface area contributed by atoms with Gasteiger partial charge in [0.1, 0.15) is 0 Å². The number of hydrogen-bond donors (Lipinski definition) is 2. The van der Waals surface area contributed by atoms with Crippen LogP contribution < -0.4 is 5.73 Å². The maximum Gasteiger partial charge on any atom is 0.308 e. The van der Waals surface area contributed by atoms with Crippen LogP contribution >= 0.6 is 0 Å². The fourth-order valence-corrected chi connectivity index (χ4v) is 1.47. The van der Waals surface area contributed by atoms with Crippen LogP contribution in [0.4, 0.5) is 0 Å². The largest absolute Gasteiger partial charge is 0.481 e. The van der Waals surface area contributed by atoms with Crippen molar-refractivity contribution in [1.82, 2.24) is 0 Å². The predicted octanol–water partition coefficient (Wildman–Crippen LogP) is 0.586. The van der Waals surface area contributed by atoms with Crippen molar-refractivity contribution in [3.05, 3.63) is 0 Å². The van der Waals surface area contributed by atoms with Crippen LogP contribution in [0, 0.1) is 5.92 Å². The molecule has 0 aliphatic heterocycles. The third kappa shape index (κ3) is 2.81. The maximum absolute atomic E-state index is 10.5. The second-order valence-corrected chi connectivity index (χ2v) is 2.89. The summed E-state index contributed by atoms with van der Waals surface area (Å²) in [6, 6.07) is -0.105. The quantitative estimate of drug-likeness (QED) is 0.653. The fraction of sp³-hybridized carbons (Fsp3) is 0.857. The molecule has 0 spiro atoms. The van der Waals surface area contributed by atoms with Crippen molar-refractivity contribution in [1.29, 1.82) is 0 Å². The van der Waals surface area contributed by atoms with Gasteiger partial charge in [0.25, 0.3) is 0 Å². The Labute approximate surface area is 76.5 Å². The summed E-state index contributed by atoms with van der Waals surface area (Å²) in [5, 5.41) is 8.63. The Balaban J connectivity index is 0.000001000. The number of nitrogens with two attached hydrogens (primary N) is 1. The molecule has 3 nitrogen and oxygen atoms in total. The van der Waals surface area contributed by atoms with Crippen LogP contribution in [-0.4, -0.2) is 17.1 Å². The SMILES string of the molecule is NC1CCCCC1C(=O)O.[Co]. The Morgan fingerprint density at radius 1 is 1.36 bits per heavy atom. The van der Waals surface area contributed by atoms with Crippen LogP contribution in [0.1, 0.15) is 25.7 Å². The Kier molecular flexibility index (Phi) is 4.71. The van der Waals surface area contributed by atoms with Crippen molar-refractivity contribution in [2.45, 2.75) is 31.7 Å². The van der Waals surface area contributed by atoms with Crippen LogP contribution in [0.5, 0.6) is 0 Å². The summed E-state index contributed by atoms with van der Waals surface area (Å²) in [4.78, 5) is 10.5. The predicted molar refractivity (Wildman–Crippen MR) is 37.6 cm³/mol. The average molecular weight is 202 g/mol. The summed E-state index contributed by atoms with van der Waals surface area (Å²) in [5.74, 6) is -1.01. The molecule has 0 aromatic heterocycles. The van der Waals surface area contributed by atoms with E-state index >= 15 is 0 Å². The second-order valence-electron chi connectivity index (χ2n) is 2.89. The molecule has 1 rings (SSSR count). The van der Waals surface area contributed by atoms with Gasteiger partial charge in [0, 0.05) is 22.8 Å². The Morgan fingerprint density at radius 3 is 2.27 bits per heavy atom. The van der Waals surface area contributed by atoms with Crippen molar-refractivity contribution < 1.29 is 26.7 Å². The van der Waals surface area contributed by atoms with E-state index in [-0.39, 0.29) is 28.7 Å². The summed E-state index contributed by atoms with van der Waals surface area (Å²) in [6.07, 6.45) is 3.74. The van der Waals surface area contributed by atoms with Gasteiger partial charge in [0.05, 0.1) is 5.92 Å². The van der Waals surface area contributed by atoms with Crippen LogP contribution in [0.2, 0.25) is 0 Å². The first-order valence-corrected chi connectivity index (χ1v) is 3.70. The van der Waals surface area contributed by atoms with E-state index in [4.69, 9.17) is 10.8 Å². The Bertz CT molecular complexity index is 140. The van der Waals surface area contributed by atoms with Crippen LogP contribution in [0.25, 0.3) is 0 Å². The third-order valence-corrected chi connectivity index (χ3v) is 2.14. The molecule has 0 bridgehead atoms. The molecule has 1 aliphatic carbocycles. The number of aliphatic carboxylic acids is 1. The summed E-state index contributed by atoms with van der Waals surface area (Å²) in [5.41, 5.74) is 5.60. The maximum atomic E-state index is 10.5. The molecular weight excluding hydrogens is 189 g/mol. The number of hydrogen-bond acceptors (Lipinski definition) is 2. The first kappa shape index (κ1) is 10.9. The summed E-state index contributed by atoms with van der Waals surface area (Å²) in [6.45, 7) is 0. The Hall–Kier alpha value is -0.0635. The molecule has 0 saturated heterocycles. The van der Waals surface area contributed by atoms with E-state index in [9.17, 15) is 4.79 Å². The van der Waals surface area contributed by atoms with Crippen molar-refractivity contribution in [3.63, 3.8) is 0 Å². The van der Waals surface area contributed by atoms with Crippen molar-refractivity contribution in [2.24, 2.45) is 11.7 Å². The van der Waals surface area contributed by atoms with Gasteiger partial charge in [0.2, 0.25) is 0 Å². The van der Waals surface area contributed by atoms with Crippen LogP contribution in [0.15, 0.2) is 0 Å². The van der Waals surface area contributed by atoms with Gasteiger partial charge in [-0.1, -0.05) is 12.8 Å². The summed E-state index contributed by atoms with van der Waals surface area (Å²) >= 11 is 0. The molecule has 0 aromatic rings. The molecule has 1 aliphatic rings. The van der Waals surface area contributed by atoms with E-state index in [0.717, 1.165) is 25.7 Å². The molecule has 1 fully saturated rings. The van der Waals surface area contributed by atoms with E-state index in [1.807, 2.05) is 0 Å². The Morgan fingerprint density at radius 2 is 1.91 bits per heavy atom. The van der Waals surface area contributed by atoms with E-state index < -0.39 is 5.97 Å². The zero-order valence-corrected chi connectivity index (χ0v) is 7.29. The summed E-state index contributed by atoms with van der Waals surface area (Å²) in [7, 11) is 0. The minimum absolute atomic E-state index is 0. The van der Waals surface area contributed by atoms with Gasteiger partial charge >= 0.3 is 5.97 Å². The smallest absolute Gasteiger partial charge is 0.308 e. The molecule has 0 aromatic carbocycles. The monoisotopic (exact) mass is 202 g/mol. The number of carbonyl (C=O) groups is 1. The van der Waals surface area contributed by atoms with Crippen molar-refractivity contribution >= 4 is 5.97 Å². The first-order valence-electron chi connectivity index (χ1n) is 3.70. The standard InChI is InChI=1S/C7H13NO2.Co/c8-6-4-2-1-3-5(6)7(9)10;/h5-6H,1-4,8H2,(H,9,10);. The topological polar surface area (TPSA) is 63.3 Å². The normalized spacial score (nSPS) is 30.6. The van der Waals surface area contributed by atoms with Crippen LogP contribution in [0.3, 0.4) is 0 Å². The summed E-state index contributed by atoms with van der Waals surface area (Å²) < 4.78 is 0. The molecule has 1 radical (unpaired) electrons. The van der Waals surface area contributed by atoms with E-state index in [1.54, 1.807) is 0 Å². The zero-order chi connectivity index (χ0) is 7.56. The minimum Gasteiger partial charge on any atom is -0.481 e. The second kappa shape index (κ2) is 4.74. The molecule has 1 saturated carbocycles. The molecule has 11 heavy (non-hydrogen) atoms. The molecular formula is C7H13CoNO2. The van der Waals surface area contributed by atoms with Gasteiger partial charge in [-0.3, -0.25) is 4.79 Å². The molecule has 3 N–H and O–H groups in total. The van der Waals surface area contributed by atoms with Crippen molar-refractivity contribution in [3.8, 4) is 0 Å². The van der Waals surface area contributed by atoms with Gasteiger partial charge in [-0.15, -0.1) is 0 Å². The third-order valence-electron chi connectivity index (χ3n) is 2.14. The molecule has 0 amide bonds. The van der Waals surface area contributed by atoms with E-state index in [0.29, 0.717) is 0 Å². The average Bonchev–Trinajstić information content (AvgIpc) is 1.88. The molecule has 2 unspecified atom stereocenters. The van der Waals surface area contributed by atoms with Gasteiger partial charge in [-0.2, -0.15) is 0 Å². The van der Waals surface area contributed by atoms with Gasteiger partial charge in [0.15, 0.2) is 0 Å². The molecule has 0 heterocycles. The van der Waals surface area contributed by atoms with Gasteiger partial charge in [-0.25, -0.2) is 0 Å². The van der Waals surface area contributed by atoms with Crippen LogP contribution in [-0.2, 0) is 21.6 Å². The molecule has 67 valence electrons. The fourth-order valence-electron chi connectivity index (χ4n) is 1.47. The first-order chi connectivity index (χ1) is 4.72. The van der Waals surface area contributed by atoms with Gasteiger partial charge in [-0.05, 0) is 12.8 Å². The van der Waals surface area contributed by atoms with Crippen molar-refractivity contribution in [2.75, 3.05) is 0 Å². The number of rotatable bonds is 1. The minimum atomic E-state index is -0.729. The number of carboxylic acids is 1. The zero-order valence-electron chi connectivity index (χ0n) is 6.25. The van der Waals surface area contributed by atoms with Gasteiger partial charge < -0.3 is 10.8 Å². The van der Waals surface area contributed by atoms with E-state index in [2.05, 4.69) is 0 Å². The molecule has 2 atom stereocenters.